The Morgan fingerprint density at radius 2 is 0.506 bits per heavy atom. The van der Waals surface area contributed by atoms with Gasteiger partial charge in [-0.15, -0.1) is 0 Å². The fraction of sp³-hybridized carbons (Fsp3) is 0.761. The standard InChI is InChI=1S/C71H124O6/c1-4-7-10-13-16-19-22-25-28-31-33-34-35-36-38-40-43-46-49-52-55-58-61-64-70(73)76-67-68(66-75-69(72)63-60-57-54-51-48-45-42-39-30-27-24-21-18-15-12-9-6-3)77-71(74)65-62-59-56-53-50-47-44-41-37-32-29-26-23-20-17-14-11-8-5-2/h7,10,16-17,19-20,25-30,33-34,68H,4-6,8-9,11-15,18,21-24,31-32,35-67H2,1-3H3/b10-7-,19-16-,20-17-,28-25-,29-26-,30-27-,34-33-. The molecule has 0 N–H and O–H groups in total. The van der Waals surface area contributed by atoms with Crippen LogP contribution in [-0.2, 0) is 28.6 Å². The molecule has 1 unspecified atom stereocenters. The maximum atomic E-state index is 12.9. The first-order chi connectivity index (χ1) is 38.0. The van der Waals surface area contributed by atoms with Crippen LogP contribution in [0.4, 0.5) is 0 Å². The van der Waals surface area contributed by atoms with E-state index in [0.29, 0.717) is 19.3 Å². The molecule has 0 saturated heterocycles. The Morgan fingerprint density at radius 1 is 0.273 bits per heavy atom. The predicted octanol–water partition coefficient (Wildman–Crippen LogP) is 22.7. The third kappa shape index (κ3) is 63.3. The highest BCUT2D eigenvalue weighted by Gasteiger charge is 2.19. The number of carbonyl (C=O) groups is 3. The number of hydrogen-bond donors (Lipinski definition) is 0. The summed E-state index contributed by atoms with van der Waals surface area (Å²) in [5, 5.41) is 0. The van der Waals surface area contributed by atoms with Crippen LogP contribution in [0, 0.1) is 0 Å². The first-order valence-corrected chi connectivity index (χ1v) is 33.1. The van der Waals surface area contributed by atoms with Gasteiger partial charge in [0.15, 0.2) is 6.10 Å². The zero-order valence-electron chi connectivity index (χ0n) is 51.0. The first kappa shape index (κ1) is 73.6. The summed E-state index contributed by atoms with van der Waals surface area (Å²) >= 11 is 0. The lowest BCUT2D eigenvalue weighted by Crippen LogP contribution is -2.30. The lowest BCUT2D eigenvalue weighted by molar-refractivity contribution is -0.167. The predicted molar refractivity (Wildman–Crippen MR) is 334 cm³/mol. The van der Waals surface area contributed by atoms with Crippen molar-refractivity contribution >= 4 is 17.9 Å². The summed E-state index contributed by atoms with van der Waals surface area (Å²) in [6.07, 6.45) is 85.8. The van der Waals surface area contributed by atoms with E-state index in [4.69, 9.17) is 14.2 Å². The van der Waals surface area contributed by atoms with Crippen LogP contribution in [0.25, 0.3) is 0 Å². The van der Waals surface area contributed by atoms with Gasteiger partial charge in [-0.1, -0.05) is 279 Å². The van der Waals surface area contributed by atoms with Gasteiger partial charge in [0.1, 0.15) is 13.2 Å². The van der Waals surface area contributed by atoms with Crippen LogP contribution in [0.1, 0.15) is 329 Å². The number of allylic oxidation sites excluding steroid dienone is 14. The summed E-state index contributed by atoms with van der Waals surface area (Å²) in [6.45, 7) is 6.53. The Kier molecular flexibility index (Phi) is 62.2. The zero-order valence-corrected chi connectivity index (χ0v) is 51.0. The zero-order chi connectivity index (χ0) is 55.7. The van der Waals surface area contributed by atoms with Crippen molar-refractivity contribution in [1.29, 1.82) is 0 Å². The summed E-state index contributed by atoms with van der Waals surface area (Å²) < 4.78 is 17.0. The van der Waals surface area contributed by atoms with E-state index in [1.165, 1.54) is 199 Å². The second-order valence-electron chi connectivity index (χ2n) is 22.0. The number of unbranched alkanes of at least 4 members (excludes halogenated alkanes) is 35. The number of esters is 3. The van der Waals surface area contributed by atoms with Crippen molar-refractivity contribution in [1.82, 2.24) is 0 Å². The normalized spacial score (nSPS) is 12.6. The van der Waals surface area contributed by atoms with E-state index in [9.17, 15) is 14.4 Å². The molecule has 0 fully saturated rings. The van der Waals surface area contributed by atoms with Gasteiger partial charge in [0.2, 0.25) is 0 Å². The molecule has 0 aliphatic carbocycles. The molecular formula is C71H124O6. The van der Waals surface area contributed by atoms with Crippen LogP contribution >= 0.6 is 0 Å². The van der Waals surface area contributed by atoms with Crippen LogP contribution in [0.15, 0.2) is 85.1 Å². The molecule has 0 radical (unpaired) electrons. The second-order valence-corrected chi connectivity index (χ2v) is 22.0. The van der Waals surface area contributed by atoms with E-state index >= 15 is 0 Å². The van der Waals surface area contributed by atoms with E-state index in [1.807, 2.05) is 0 Å². The van der Waals surface area contributed by atoms with Crippen molar-refractivity contribution in [3.05, 3.63) is 85.1 Å². The summed E-state index contributed by atoms with van der Waals surface area (Å²) in [5.74, 6) is -0.878. The van der Waals surface area contributed by atoms with E-state index in [1.54, 1.807) is 0 Å². The molecule has 0 heterocycles. The van der Waals surface area contributed by atoms with Crippen LogP contribution in [0.5, 0.6) is 0 Å². The SMILES string of the molecule is CC/C=C\C/C=C\C/C=C\C/C=C\CCCCCCCCCCCCC(=O)OCC(COC(=O)CCCCCCCCC/C=C\CCCCCCCC)OC(=O)CCCCCCCCCCC/C=C\C/C=C\CCCCC. The third-order valence-electron chi connectivity index (χ3n) is 14.4. The molecule has 0 saturated carbocycles. The van der Waals surface area contributed by atoms with Crippen molar-refractivity contribution in [3.8, 4) is 0 Å². The Morgan fingerprint density at radius 3 is 0.831 bits per heavy atom. The summed E-state index contributed by atoms with van der Waals surface area (Å²) in [7, 11) is 0. The smallest absolute Gasteiger partial charge is 0.306 e. The highest BCUT2D eigenvalue weighted by atomic mass is 16.6. The number of rotatable bonds is 60. The molecule has 0 bridgehead atoms. The van der Waals surface area contributed by atoms with Gasteiger partial charge < -0.3 is 14.2 Å². The minimum absolute atomic E-state index is 0.0800. The number of hydrogen-bond acceptors (Lipinski definition) is 6. The van der Waals surface area contributed by atoms with Crippen LogP contribution in [0.2, 0.25) is 0 Å². The van der Waals surface area contributed by atoms with Crippen LogP contribution in [-0.4, -0.2) is 37.2 Å². The molecule has 77 heavy (non-hydrogen) atoms. The topological polar surface area (TPSA) is 78.9 Å². The summed E-state index contributed by atoms with van der Waals surface area (Å²) in [6, 6.07) is 0. The Labute approximate surface area is 477 Å². The first-order valence-electron chi connectivity index (χ1n) is 33.1. The van der Waals surface area contributed by atoms with Crippen molar-refractivity contribution < 1.29 is 28.6 Å². The van der Waals surface area contributed by atoms with Crippen molar-refractivity contribution in [2.75, 3.05) is 13.2 Å². The highest BCUT2D eigenvalue weighted by Crippen LogP contribution is 2.16. The summed E-state index contributed by atoms with van der Waals surface area (Å²) in [4.78, 5) is 38.4. The molecule has 0 aromatic rings. The molecule has 0 amide bonds. The Bertz CT molecular complexity index is 1470. The quantitative estimate of drug-likeness (QED) is 0.0261. The van der Waals surface area contributed by atoms with Gasteiger partial charge in [-0.05, 0) is 116 Å². The lowest BCUT2D eigenvalue weighted by atomic mass is 10.1. The second kappa shape index (κ2) is 65.1. The van der Waals surface area contributed by atoms with Gasteiger partial charge >= 0.3 is 17.9 Å². The molecule has 0 spiro atoms. The number of carbonyl (C=O) groups excluding carboxylic acids is 3. The highest BCUT2D eigenvalue weighted by molar-refractivity contribution is 5.71. The maximum Gasteiger partial charge on any atom is 0.306 e. The van der Waals surface area contributed by atoms with E-state index < -0.39 is 6.10 Å². The van der Waals surface area contributed by atoms with E-state index in [-0.39, 0.29) is 31.1 Å². The molecule has 444 valence electrons. The fourth-order valence-corrected chi connectivity index (χ4v) is 9.40. The maximum absolute atomic E-state index is 12.9. The minimum atomic E-state index is -0.784. The van der Waals surface area contributed by atoms with Gasteiger partial charge in [-0.3, -0.25) is 14.4 Å². The molecule has 1 atom stereocenters. The largest absolute Gasteiger partial charge is 0.462 e. The average Bonchev–Trinajstić information content (AvgIpc) is 3.43. The lowest BCUT2D eigenvalue weighted by Gasteiger charge is -2.18. The van der Waals surface area contributed by atoms with Crippen molar-refractivity contribution in [2.45, 2.75) is 335 Å². The summed E-state index contributed by atoms with van der Waals surface area (Å²) in [5.41, 5.74) is 0. The third-order valence-corrected chi connectivity index (χ3v) is 14.4. The molecule has 6 nitrogen and oxygen atoms in total. The molecule has 0 rings (SSSR count). The van der Waals surface area contributed by atoms with Gasteiger partial charge in [0.05, 0.1) is 0 Å². The van der Waals surface area contributed by atoms with Crippen LogP contribution in [0.3, 0.4) is 0 Å². The van der Waals surface area contributed by atoms with E-state index in [0.717, 1.165) is 89.9 Å². The average molecular weight is 1070 g/mol. The van der Waals surface area contributed by atoms with E-state index in [2.05, 4.69) is 106 Å². The molecule has 0 aromatic carbocycles. The van der Waals surface area contributed by atoms with Crippen molar-refractivity contribution in [2.24, 2.45) is 0 Å². The molecule has 0 aliphatic rings. The Hall–Kier alpha value is -3.41. The van der Waals surface area contributed by atoms with Gasteiger partial charge in [-0.25, -0.2) is 0 Å². The molecular weight excluding hydrogens is 949 g/mol. The van der Waals surface area contributed by atoms with Gasteiger partial charge in [0, 0.05) is 19.3 Å². The molecule has 0 aliphatic heterocycles. The van der Waals surface area contributed by atoms with Crippen molar-refractivity contribution in [3.63, 3.8) is 0 Å². The van der Waals surface area contributed by atoms with Gasteiger partial charge in [-0.2, -0.15) is 0 Å². The van der Waals surface area contributed by atoms with Gasteiger partial charge in [0.25, 0.3) is 0 Å². The Balaban J connectivity index is 4.37. The molecule has 0 aromatic heterocycles. The molecule has 6 heteroatoms. The number of ether oxygens (including phenoxy) is 3. The fourth-order valence-electron chi connectivity index (χ4n) is 9.40. The monoisotopic (exact) mass is 1070 g/mol. The minimum Gasteiger partial charge on any atom is -0.462 e. The van der Waals surface area contributed by atoms with Crippen LogP contribution < -0.4 is 0 Å².